The van der Waals surface area contributed by atoms with Gasteiger partial charge in [0.2, 0.25) is 0 Å². The van der Waals surface area contributed by atoms with Crippen molar-refractivity contribution in [2.75, 3.05) is 0 Å². The Hall–Kier alpha value is -0.690. The minimum Gasteiger partial charge on any atom is -0.317 e. The molecule has 1 rings (SSSR count). The molecule has 0 fully saturated rings. The van der Waals surface area contributed by atoms with Crippen LogP contribution >= 0.6 is 24.4 Å². The number of aromatic nitrogens is 2. The molecule has 0 amide bonds. The summed E-state index contributed by atoms with van der Waals surface area (Å²) >= 11 is 10.1. The van der Waals surface area contributed by atoms with Gasteiger partial charge in [-0.1, -0.05) is 38.4 Å². The van der Waals surface area contributed by atoms with E-state index in [1.165, 1.54) is 7.05 Å². The molecule has 19 heavy (non-hydrogen) atoms. The highest BCUT2D eigenvalue weighted by atomic mass is 32.1. The van der Waals surface area contributed by atoms with Gasteiger partial charge in [-0.25, -0.2) is 0 Å². The van der Waals surface area contributed by atoms with Gasteiger partial charge in [-0.05, 0) is 18.6 Å². The second-order valence-corrected chi connectivity index (χ2v) is 5.20. The van der Waals surface area contributed by atoms with Crippen molar-refractivity contribution < 1.29 is 13.2 Å². The number of rotatable bonds is 5. The van der Waals surface area contributed by atoms with E-state index in [-0.39, 0.29) is 9.41 Å². The van der Waals surface area contributed by atoms with Gasteiger partial charge < -0.3 is 9.13 Å². The molecule has 2 nitrogen and oxygen atoms in total. The molecule has 0 radical (unpaired) electrons. The molecule has 0 unspecified atom stereocenters. The summed E-state index contributed by atoms with van der Waals surface area (Å²) in [7, 11) is 1.32. The van der Waals surface area contributed by atoms with Crippen molar-refractivity contribution in [1.82, 2.24) is 9.13 Å². The van der Waals surface area contributed by atoms with E-state index >= 15 is 0 Å². The van der Waals surface area contributed by atoms with Crippen LogP contribution in [0.2, 0.25) is 0 Å². The molecule has 0 aliphatic rings. The second kappa shape index (κ2) is 6.65. The lowest BCUT2D eigenvalue weighted by atomic mass is 10.2. The van der Waals surface area contributed by atoms with Gasteiger partial charge in [-0.2, -0.15) is 13.2 Å². The van der Waals surface area contributed by atoms with E-state index in [2.05, 4.69) is 6.92 Å². The predicted molar refractivity (Wildman–Crippen MR) is 74.2 cm³/mol. The lowest BCUT2D eigenvalue weighted by molar-refractivity contribution is -0.143. The lowest BCUT2D eigenvalue weighted by Crippen LogP contribution is -2.19. The topological polar surface area (TPSA) is 9.86 Å². The minimum absolute atomic E-state index is 0.122. The van der Waals surface area contributed by atoms with Crippen LogP contribution in [-0.2, 0) is 19.8 Å². The quantitative estimate of drug-likeness (QED) is 0.566. The fourth-order valence-corrected chi connectivity index (χ4v) is 2.48. The van der Waals surface area contributed by atoms with Crippen molar-refractivity contribution in [2.24, 2.45) is 7.05 Å². The first-order valence-electron chi connectivity index (χ1n) is 6.17. The highest BCUT2D eigenvalue weighted by Crippen LogP contribution is 2.29. The molecular weight excluding hydrogens is 293 g/mol. The normalized spacial score (nSPS) is 11.8. The molecule has 0 aliphatic carbocycles. The molecule has 0 aromatic carbocycles. The lowest BCUT2D eigenvalue weighted by Gasteiger charge is -2.16. The maximum atomic E-state index is 12.8. The molecule has 0 atom stereocenters. The summed E-state index contributed by atoms with van der Waals surface area (Å²) < 4.78 is 41.1. The van der Waals surface area contributed by atoms with E-state index < -0.39 is 11.9 Å². The fraction of sp³-hybridized carbons (Fsp3) is 0.667. The first kappa shape index (κ1) is 16.4. The molecule has 7 heteroatoms. The van der Waals surface area contributed by atoms with Crippen LogP contribution in [0.1, 0.15) is 38.3 Å². The van der Waals surface area contributed by atoms with Crippen molar-refractivity contribution in [3.8, 4) is 0 Å². The smallest absolute Gasteiger partial charge is 0.317 e. The summed E-state index contributed by atoms with van der Waals surface area (Å²) in [5.41, 5.74) is -0.799. The predicted octanol–water partition coefficient (Wildman–Crippen LogP) is 4.88. The molecular formula is C12H17F3N2S2. The van der Waals surface area contributed by atoms with E-state index in [9.17, 15) is 13.2 Å². The number of halogens is 3. The summed E-state index contributed by atoms with van der Waals surface area (Å²) in [6.45, 7) is 2.67. The Kier molecular flexibility index (Phi) is 5.73. The standard InChI is InChI=1S/C12H17F3N2S2/c1-3-4-5-6-7-17-10(18)8-9(12(13,14)15)16(2)11(17)19/h8H,3-7H2,1-2H3. The van der Waals surface area contributed by atoms with Gasteiger partial charge in [0.05, 0.1) is 0 Å². The molecule has 0 bridgehead atoms. The SMILES string of the molecule is CCCCCCn1c(=S)cc(C(F)(F)F)n(C)c1=S. The Morgan fingerprint density at radius 2 is 1.79 bits per heavy atom. The van der Waals surface area contributed by atoms with E-state index in [1.807, 2.05) is 0 Å². The maximum Gasteiger partial charge on any atom is 0.431 e. The molecule has 0 saturated heterocycles. The van der Waals surface area contributed by atoms with Gasteiger partial charge in [-0.3, -0.25) is 0 Å². The third-order valence-electron chi connectivity index (χ3n) is 2.93. The van der Waals surface area contributed by atoms with Crippen LogP contribution in [0.3, 0.4) is 0 Å². The summed E-state index contributed by atoms with van der Waals surface area (Å²) in [5, 5.41) is 0. The number of hydrogen-bond acceptors (Lipinski definition) is 2. The zero-order valence-electron chi connectivity index (χ0n) is 11.0. The number of nitrogens with zero attached hydrogens (tertiary/aromatic N) is 2. The first-order chi connectivity index (χ1) is 8.79. The Labute approximate surface area is 120 Å². The Bertz CT molecular complexity index is 543. The Morgan fingerprint density at radius 1 is 1.16 bits per heavy atom. The number of unbranched alkanes of at least 4 members (excludes halogenated alkanes) is 3. The number of hydrogen-bond donors (Lipinski definition) is 0. The average molecular weight is 310 g/mol. The Balaban J connectivity index is 3.07. The summed E-state index contributed by atoms with van der Waals surface area (Å²) in [6.07, 6.45) is -0.328. The molecule has 108 valence electrons. The van der Waals surface area contributed by atoms with Crippen LogP contribution in [0.4, 0.5) is 13.2 Å². The van der Waals surface area contributed by atoms with Gasteiger partial charge in [0.25, 0.3) is 0 Å². The molecule has 1 heterocycles. The van der Waals surface area contributed by atoms with Gasteiger partial charge in [0, 0.05) is 19.7 Å². The zero-order valence-corrected chi connectivity index (χ0v) is 12.6. The van der Waals surface area contributed by atoms with Crippen LogP contribution in [0.25, 0.3) is 0 Å². The van der Waals surface area contributed by atoms with Crippen LogP contribution in [0.5, 0.6) is 0 Å². The van der Waals surface area contributed by atoms with Crippen LogP contribution in [-0.4, -0.2) is 9.13 Å². The maximum absolute atomic E-state index is 12.8. The van der Waals surface area contributed by atoms with Crippen LogP contribution in [0, 0.1) is 9.41 Å². The minimum atomic E-state index is -4.43. The van der Waals surface area contributed by atoms with Crippen molar-refractivity contribution in [3.63, 3.8) is 0 Å². The van der Waals surface area contributed by atoms with Gasteiger partial charge in [-0.15, -0.1) is 0 Å². The molecule has 0 spiro atoms. The molecule has 1 aromatic rings. The molecule has 0 aliphatic heterocycles. The zero-order chi connectivity index (χ0) is 14.6. The van der Waals surface area contributed by atoms with Crippen LogP contribution in [0.15, 0.2) is 6.07 Å². The third-order valence-corrected chi connectivity index (χ3v) is 3.76. The monoisotopic (exact) mass is 310 g/mol. The molecule has 1 aromatic heterocycles. The highest BCUT2D eigenvalue weighted by Gasteiger charge is 2.33. The van der Waals surface area contributed by atoms with Gasteiger partial charge in [0.15, 0.2) is 4.77 Å². The van der Waals surface area contributed by atoms with E-state index in [0.717, 1.165) is 36.3 Å². The van der Waals surface area contributed by atoms with Crippen molar-refractivity contribution in [1.29, 1.82) is 0 Å². The summed E-state index contributed by atoms with van der Waals surface area (Å²) in [5.74, 6) is 0. The first-order valence-corrected chi connectivity index (χ1v) is 6.98. The average Bonchev–Trinajstić information content (AvgIpc) is 2.31. The molecule has 0 N–H and O–H groups in total. The van der Waals surface area contributed by atoms with E-state index in [0.29, 0.717) is 6.54 Å². The molecule has 0 saturated carbocycles. The van der Waals surface area contributed by atoms with Crippen molar-refractivity contribution in [2.45, 2.75) is 45.3 Å². The largest absolute Gasteiger partial charge is 0.431 e. The highest BCUT2D eigenvalue weighted by molar-refractivity contribution is 7.72. The van der Waals surface area contributed by atoms with E-state index in [1.54, 1.807) is 4.57 Å². The van der Waals surface area contributed by atoms with E-state index in [4.69, 9.17) is 24.4 Å². The van der Waals surface area contributed by atoms with Crippen LogP contribution < -0.4 is 0 Å². The summed E-state index contributed by atoms with van der Waals surface area (Å²) in [6, 6.07) is 0.977. The van der Waals surface area contributed by atoms with Gasteiger partial charge in [0.1, 0.15) is 10.3 Å². The number of alkyl halides is 3. The van der Waals surface area contributed by atoms with Crippen molar-refractivity contribution in [3.05, 3.63) is 21.2 Å². The Morgan fingerprint density at radius 3 is 2.32 bits per heavy atom. The fourth-order valence-electron chi connectivity index (χ4n) is 1.84. The van der Waals surface area contributed by atoms with Gasteiger partial charge >= 0.3 is 6.18 Å². The van der Waals surface area contributed by atoms with Crippen molar-refractivity contribution >= 4 is 24.4 Å². The third kappa shape index (κ3) is 4.14. The summed E-state index contributed by atoms with van der Waals surface area (Å²) in [4.78, 5) is 0. The second-order valence-electron chi connectivity index (χ2n) is 4.42.